The van der Waals surface area contributed by atoms with Crippen LogP contribution in [0.25, 0.3) is 0 Å². The van der Waals surface area contributed by atoms with Crippen LogP contribution < -0.4 is 10.5 Å². The molecule has 2 aromatic rings. The molecule has 0 saturated heterocycles. The van der Waals surface area contributed by atoms with Gasteiger partial charge in [0.25, 0.3) is 10.0 Å². The molecule has 0 unspecified atom stereocenters. The predicted molar refractivity (Wildman–Crippen MR) is 85.3 cm³/mol. The molecule has 0 aromatic heterocycles. The Kier molecular flexibility index (Phi) is 4.06. The lowest BCUT2D eigenvalue weighted by Gasteiger charge is -2.10. The van der Waals surface area contributed by atoms with E-state index in [2.05, 4.69) is 20.7 Å². The number of hydrogen-bond acceptors (Lipinski definition) is 3. The lowest BCUT2D eigenvalue weighted by Crippen LogP contribution is -2.13. The molecule has 4 nitrogen and oxygen atoms in total. The molecule has 0 bridgehead atoms. The molecule has 0 heterocycles. The largest absolute Gasteiger partial charge is 0.398 e. The van der Waals surface area contributed by atoms with E-state index in [1.165, 1.54) is 0 Å². The average Bonchev–Trinajstić information content (AvgIpc) is 2.37. The van der Waals surface area contributed by atoms with Crippen LogP contribution >= 0.6 is 15.9 Å². The van der Waals surface area contributed by atoms with E-state index in [4.69, 9.17) is 5.73 Å². The minimum Gasteiger partial charge on any atom is -0.398 e. The molecule has 0 radical (unpaired) electrons. The molecule has 3 N–H and O–H groups in total. The Hall–Kier alpha value is -1.53. The van der Waals surface area contributed by atoms with Gasteiger partial charge in [-0.1, -0.05) is 22.0 Å². The zero-order valence-corrected chi connectivity index (χ0v) is 13.5. The minimum atomic E-state index is -3.61. The third kappa shape index (κ3) is 3.13. The fraction of sp³-hybridized carbons (Fsp3) is 0.143. The fourth-order valence-electron chi connectivity index (χ4n) is 1.70. The van der Waals surface area contributed by atoms with Gasteiger partial charge in [0.15, 0.2) is 0 Å². The van der Waals surface area contributed by atoms with Gasteiger partial charge >= 0.3 is 0 Å². The van der Waals surface area contributed by atoms with Crippen LogP contribution in [-0.2, 0) is 10.0 Å². The summed E-state index contributed by atoms with van der Waals surface area (Å²) in [4.78, 5) is 0.220. The van der Waals surface area contributed by atoms with Gasteiger partial charge in [0, 0.05) is 10.2 Å². The van der Waals surface area contributed by atoms with Crippen molar-refractivity contribution in [2.75, 3.05) is 10.5 Å². The van der Waals surface area contributed by atoms with Crippen LogP contribution in [0, 0.1) is 13.8 Å². The van der Waals surface area contributed by atoms with Gasteiger partial charge in [-0.2, -0.15) is 0 Å². The van der Waals surface area contributed by atoms with Crippen LogP contribution in [0.1, 0.15) is 11.1 Å². The number of halogens is 1. The monoisotopic (exact) mass is 354 g/mol. The topological polar surface area (TPSA) is 72.2 Å². The summed E-state index contributed by atoms with van der Waals surface area (Å²) < 4.78 is 28.0. The van der Waals surface area contributed by atoms with Gasteiger partial charge in [-0.05, 0) is 55.3 Å². The number of nitrogens with two attached hydrogens (primary N) is 1. The third-order valence-electron chi connectivity index (χ3n) is 2.97. The van der Waals surface area contributed by atoms with Crippen LogP contribution in [0.3, 0.4) is 0 Å². The predicted octanol–water partition coefficient (Wildman–Crippen LogP) is 3.45. The van der Waals surface area contributed by atoms with Crippen molar-refractivity contribution in [1.29, 1.82) is 0 Å². The van der Waals surface area contributed by atoms with Gasteiger partial charge < -0.3 is 5.73 Å². The van der Waals surface area contributed by atoms with E-state index >= 15 is 0 Å². The molecule has 106 valence electrons. The maximum Gasteiger partial charge on any atom is 0.261 e. The van der Waals surface area contributed by atoms with Crippen LogP contribution in [0.15, 0.2) is 45.8 Å². The Balaban J connectivity index is 2.35. The molecular weight excluding hydrogens is 340 g/mol. The molecule has 0 amide bonds. The first-order valence-electron chi connectivity index (χ1n) is 5.95. The minimum absolute atomic E-state index is 0.220. The smallest absolute Gasteiger partial charge is 0.261 e. The van der Waals surface area contributed by atoms with Crippen molar-refractivity contribution in [2.45, 2.75) is 18.7 Å². The van der Waals surface area contributed by atoms with Crippen LogP contribution in [0.4, 0.5) is 11.4 Å². The number of nitrogens with one attached hydrogen (secondary N) is 1. The Bertz CT molecular complexity index is 758. The number of sulfonamides is 1. The summed E-state index contributed by atoms with van der Waals surface area (Å²) in [6.45, 7) is 3.71. The first-order chi connectivity index (χ1) is 9.29. The van der Waals surface area contributed by atoms with E-state index in [0.717, 1.165) is 15.6 Å². The van der Waals surface area contributed by atoms with Crippen molar-refractivity contribution in [2.24, 2.45) is 0 Å². The molecule has 2 aromatic carbocycles. The van der Waals surface area contributed by atoms with Gasteiger partial charge in [-0.3, -0.25) is 4.72 Å². The van der Waals surface area contributed by atoms with Crippen molar-refractivity contribution in [3.05, 3.63) is 52.0 Å². The van der Waals surface area contributed by atoms with E-state index < -0.39 is 10.0 Å². The Labute approximate surface area is 127 Å². The average molecular weight is 355 g/mol. The molecule has 0 aliphatic heterocycles. The lowest BCUT2D eigenvalue weighted by atomic mass is 10.2. The summed E-state index contributed by atoms with van der Waals surface area (Å²) in [5, 5.41) is 0. The van der Waals surface area contributed by atoms with Crippen LogP contribution in [-0.4, -0.2) is 8.42 Å². The van der Waals surface area contributed by atoms with E-state index in [-0.39, 0.29) is 4.90 Å². The van der Waals surface area contributed by atoms with Crippen molar-refractivity contribution >= 4 is 37.3 Å². The standard InChI is InChI=1S/C14H15BrN2O2S/c1-9-3-4-11(8-14(9)16)17-20(18,19)12-5-6-13(15)10(2)7-12/h3-8,17H,16H2,1-2H3. The number of hydrogen-bond donors (Lipinski definition) is 2. The van der Waals surface area contributed by atoms with Crippen molar-refractivity contribution in [3.63, 3.8) is 0 Å². The maximum absolute atomic E-state index is 12.3. The number of benzene rings is 2. The van der Waals surface area contributed by atoms with Gasteiger partial charge in [-0.15, -0.1) is 0 Å². The second-order valence-electron chi connectivity index (χ2n) is 4.59. The molecule has 0 atom stereocenters. The molecule has 0 spiro atoms. The number of rotatable bonds is 3. The highest BCUT2D eigenvalue weighted by Gasteiger charge is 2.15. The van der Waals surface area contributed by atoms with E-state index in [0.29, 0.717) is 11.4 Å². The van der Waals surface area contributed by atoms with Gasteiger partial charge in [0.05, 0.1) is 10.6 Å². The SMILES string of the molecule is Cc1ccc(NS(=O)(=O)c2ccc(Br)c(C)c2)cc1N. The molecule has 0 aliphatic carbocycles. The van der Waals surface area contributed by atoms with Gasteiger partial charge in [-0.25, -0.2) is 8.42 Å². The summed E-state index contributed by atoms with van der Waals surface area (Å²) in [6, 6.07) is 9.96. The van der Waals surface area contributed by atoms with Crippen LogP contribution in [0.2, 0.25) is 0 Å². The van der Waals surface area contributed by atoms with Gasteiger partial charge in [0.2, 0.25) is 0 Å². The zero-order chi connectivity index (χ0) is 14.9. The second-order valence-corrected chi connectivity index (χ2v) is 7.12. The molecular formula is C14H15BrN2O2S. The summed E-state index contributed by atoms with van der Waals surface area (Å²) >= 11 is 3.35. The Morgan fingerprint density at radius 3 is 2.35 bits per heavy atom. The highest BCUT2D eigenvalue weighted by atomic mass is 79.9. The fourth-order valence-corrected chi connectivity index (χ4v) is 3.08. The van der Waals surface area contributed by atoms with Crippen molar-refractivity contribution in [3.8, 4) is 0 Å². The summed E-state index contributed by atoms with van der Waals surface area (Å²) in [5.74, 6) is 0. The molecule has 0 saturated carbocycles. The Morgan fingerprint density at radius 2 is 1.75 bits per heavy atom. The van der Waals surface area contributed by atoms with Gasteiger partial charge in [0.1, 0.15) is 0 Å². The number of aryl methyl sites for hydroxylation is 2. The quantitative estimate of drug-likeness (QED) is 0.829. The normalized spacial score (nSPS) is 11.3. The third-order valence-corrected chi connectivity index (χ3v) is 5.24. The number of anilines is 2. The van der Waals surface area contributed by atoms with E-state index in [1.54, 1.807) is 36.4 Å². The van der Waals surface area contributed by atoms with Crippen LogP contribution in [0.5, 0.6) is 0 Å². The first-order valence-corrected chi connectivity index (χ1v) is 8.22. The van der Waals surface area contributed by atoms with Crippen molar-refractivity contribution < 1.29 is 8.42 Å². The molecule has 20 heavy (non-hydrogen) atoms. The molecule has 0 fully saturated rings. The van der Waals surface area contributed by atoms with E-state index in [9.17, 15) is 8.42 Å². The first kappa shape index (κ1) is 14.9. The lowest BCUT2D eigenvalue weighted by molar-refractivity contribution is 0.601. The zero-order valence-electron chi connectivity index (χ0n) is 11.1. The Morgan fingerprint density at radius 1 is 1.05 bits per heavy atom. The maximum atomic E-state index is 12.3. The molecule has 2 rings (SSSR count). The summed E-state index contributed by atoms with van der Waals surface area (Å²) in [6.07, 6.45) is 0. The number of nitrogen functional groups attached to an aromatic ring is 1. The molecule has 6 heteroatoms. The van der Waals surface area contributed by atoms with E-state index in [1.807, 2.05) is 13.8 Å². The highest BCUT2D eigenvalue weighted by Crippen LogP contribution is 2.23. The highest BCUT2D eigenvalue weighted by molar-refractivity contribution is 9.10. The molecule has 0 aliphatic rings. The summed E-state index contributed by atoms with van der Waals surface area (Å²) in [5.41, 5.74) is 8.55. The van der Waals surface area contributed by atoms with Crippen molar-refractivity contribution in [1.82, 2.24) is 0 Å². The summed E-state index contributed by atoms with van der Waals surface area (Å²) in [7, 11) is -3.61. The second kappa shape index (κ2) is 5.46.